The van der Waals surface area contributed by atoms with Gasteiger partial charge in [-0.25, -0.2) is 0 Å². The maximum atomic E-state index is 4.47. The molecule has 1 nitrogen and oxygen atoms in total. The Hall–Kier alpha value is -0.850. The SMILES string of the molecule is CCc1ccc(C2CCC2)nc1. The fourth-order valence-corrected chi connectivity index (χ4v) is 1.59. The van der Waals surface area contributed by atoms with Crippen LogP contribution in [0.15, 0.2) is 18.3 Å². The Bertz CT molecular complexity index is 246. The van der Waals surface area contributed by atoms with Crippen LogP contribution in [0.3, 0.4) is 0 Å². The molecule has 0 aromatic carbocycles. The monoisotopic (exact) mass is 161 g/mol. The van der Waals surface area contributed by atoms with Gasteiger partial charge in [0.15, 0.2) is 0 Å². The smallest absolute Gasteiger partial charge is 0.0434 e. The number of aryl methyl sites for hydroxylation is 1. The molecule has 0 unspecified atom stereocenters. The van der Waals surface area contributed by atoms with Crippen molar-refractivity contribution in [2.75, 3.05) is 0 Å². The molecule has 0 amide bonds. The maximum absolute atomic E-state index is 4.47. The minimum Gasteiger partial charge on any atom is -0.261 e. The highest BCUT2D eigenvalue weighted by molar-refractivity contribution is 5.18. The molecule has 0 radical (unpaired) electrons. The molecular formula is C11H15N. The molecule has 2 rings (SSSR count). The molecule has 1 aliphatic rings. The molecule has 1 aliphatic carbocycles. The highest BCUT2D eigenvalue weighted by Crippen LogP contribution is 2.34. The van der Waals surface area contributed by atoms with Crippen molar-refractivity contribution in [3.05, 3.63) is 29.6 Å². The van der Waals surface area contributed by atoms with E-state index < -0.39 is 0 Å². The normalized spacial score (nSPS) is 17.4. The largest absolute Gasteiger partial charge is 0.261 e. The molecule has 1 aromatic heterocycles. The molecule has 12 heavy (non-hydrogen) atoms. The van der Waals surface area contributed by atoms with Gasteiger partial charge < -0.3 is 0 Å². The highest BCUT2D eigenvalue weighted by Gasteiger charge is 2.19. The average Bonchev–Trinajstić information content (AvgIpc) is 2.03. The molecule has 64 valence electrons. The second-order valence-electron chi connectivity index (χ2n) is 3.57. The lowest BCUT2D eigenvalue weighted by molar-refractivity contribution is 0.411. The summed E-state index contributed by atoms with van der Waals surface area (Å²) in [5.74, 6) is 0.774. The van der Waals surface area contributed by atoms with Crippen molar-refractivity contribution >= 4 is 0 Å². The molecule has 1 heteroatoms. The first-order chi connectivity index (χ1) is 5.90. The number of hydrogen-bond acceptors (Lipinski definition) is 1. The first kappa shape index (κ1) is 7.78. The molecule has 0 N–H and O–H groups in total. The van der Waals surface area contributed by atoms with Crippen molar-refractivity contribution in [2.45, 2.75) is 38.5 Å². The Morgan fingerprint density at radius 3 is 2.67 bits per heavy atom. The van der Waals surface area contributed by atoms with Gasteiger partial charge in [-0.1, -0.05) is 19.4 Å². The van der Waals surface area contributed by atoms with Gasteiger partial charge in [0.1, 0.15) is 0 Å². The van der Waals surface area contributed by atoms with Crippen LogP contribution in [-0.4, -0.2) is 4.98 Å². The van der Waals surface area contributed by atoms with Crippen molar-refractivity contribution in [2.24, 2.45) is 0 Å². The quantitative estimate of drug-likeness (QED) is 0.650. The van der Waals surface area contributed by atoms with Crippen molar-refractivity contribution in [3.8, 4) is 0 Å². The topological polar surface area (TPSA) is 12.9 Å². The van der Waals surface area contributed by atoms with Gasteiger partial charge in [-0.3, -0.25) is 4.98 Å². The molecule has 1 heterocycles. The zero-order chi connectivity index (χ0) is 8.39. The second-order valence-corrected chi connectivity index (χ2v) is 3.57. The first-order valence-electron chi connectivity index (χ1n) is 4.85. The summed E-state index contributed by atoms with van der Waals surface area (Å²) in [6, 6.07) is 4.41. The van der Waals surface area contributed by atoms with E-state index in [1.807, 2.05) is 6.20 Å². The predicted molar refractivity (Wildman–Crippen MR) is 50.2 cm³/mol. The van der Waals surface area contributed by atoms with Crippen LogP contribution in [0.1, 0.15) is 43.4 Å². The number of nitrogens with zero attached hydrogens (tertiary/aromatic N) is 1. The third-order valence-corrected chi connectivity index (χ3v) is 2.78. The summed E-state index contributed by atoms with van der Waals surface area (Å²) in [7, 11) is 0. The predicted octanol–water partition coefficient (Wildman–Crippen LogP) is 2.91. The summed E-state index contributed by atoms with van der Waals surface area (Å²) in [5.41, 5.74) is 2.65. The lowest BCUT2D eigenvalue weighted by Crippen LogP contribution is -2.10. The van der Waals surface area contributed by atoms with E-state index in [4.69, 9.17) is 0 Å². The summed E-state index contributed by atoms with van der Waals surface area (Å²) in [6.45, 7) is 2.17. The Morgan fingerprint density at radius 2 is 2.25 bits per heavy atom. The fraction of sp³-hybridized carbons (Fsp3) is 0.545. The van der Waals surface area contributed by atoms with Gasteiger partial charge in [0.2, 0.25) is 0 Å². The van der Waals surface area contributed by atoms with Crippen molar-refractivity contribution < 1.29 is 0 Å². The zero-order valence-electron chi connectivity index (χ0n) is 7.59. The van der Waals surface area contributed by atoms with Gasteiger partial charge in [-0.05, 0) is 30.9 Å². The van der Waals surface area contributed by atoms with Gasteiger partial charge in [-0.2, -0.15) is 0 Å². The van der Waals surface area contributed by atoms with Crippen LogP contribution in [0.5, 0.6) is 0 Å². The lowest BCUT2D eigenvalue weighted by Gasteiger charge is -2.24. The third-order valence-electron chi connectivity index (χ3n) is 2.78. The van der Waals surface area contributed by atoms with Gasteiger partial charge in [0.25, 0.3) is 0 Å². The van der Waals surface area contributed by atoms with Crippen LogP contribution in [0, 0.1) is 0 Å². The van der Waals surface area contributed by atoms with Gasteiger partial charge in [0.05, 0.1) is 0 Å². The summed E-state index contributed by atoms with van der Waals surface area (Å²) < 4.78 is 0. The number of rotatable bonds is 2. The number of pyridine rings is 1. The van der Waals surface area contributed by atoms with E-state index in [0.717, 1.165) is 12.3 Å². The molecule has 0 bridgehead atoms. The van der Waals surface area contributed by atoms with Crippen LogP contribution in [0.4, 0.5) is 0 Å². The van der Waals surface area contributed by atoms with E-state index in [9.17, 15) is 0 Å². The molecule has 0 saturated heterocycles. The molecule has 1 aromatic rings. The minimum atomic E-state index is 0.774. The van der Waals surface area contributed by atoms with E-state index in [2.05, 4.69) is 24.0 Å². The van der Waals surface area contributed by atoms with Gasteiger partial charge in [-0.15, -0.1) is 0 Å². The summed E-state index contributed by atoms with van der Waals surface area (Å²) >= 11 is 0. The minimum absolute atomic E-state index is 0.774. The standard InChI is InChI=1S/C11H15N/c1-2-9-6-7-11(12-8-9)10-4-3-5-10/h6-8,10H,2-5H2,1H3. The first-order valence-corrected chi connectivity index (χ1v) is 4.85. The van der Waals surface area contributed by atoms with Crippen LogP contribution < -0.4 is 0 Å². The van der Waals surface area contributed by atoms with Gasteiger partial charge in [0, 0.05) is 17.8 Å². The molecule has 0 atom stereocenters. The van der Waals surface area contributed by atoms with E-state index in [1.54, 1.807) is 0 Å². The maximum Gasteiger partial charge on any atom is 0.0434 e. The summed E-state index contributed by atoms with van der Waals surface area (Å²) in [5, 5.41) is 0. The number of aromatic nitrogens is 1. The molecule has 0 aliphatic heterocycles. The fourth-order valence-electron chi connectivity index (χ4n) is 1.59. The van der Waals surface area contributed by atoms with Gasteiger partial charge >= 0.3 is 0 Å². The Labute approximate surface area is 73.8 Å². The Kier molecular flexibility index (Phi) is 2.11. The second kappa shape index (κ2) is 3.26. The Balaban J connectivity index is 2.13. The number of hydrogen-bond donors (Lipinski definition) is 0. The summed E-state index contributed by atoms with van der Waals surface area (Å²) in [4.78, 5) is 4.47. The highest BCUT2D eigenvalue weighted by atomic mass is 14.7. The average molecular weight is 161 g/mol. The van der Waals surface area contributed by atoms with E-state index in [0.29, 0.717) is 0 Å². The van der Waals surface area contributed by atoms with Crippen LogP contribution in [0.25, 0.3) is 0 Å². The van der Waals surface area contributed by atoms with Crippen LogP contribution in [0.2, 0.25) is 0 Å². The third kappa shape index (κ3) is 1.36. The van der Waals surface area contributed by atoms with Crippen molar-refractivity contribution in [3.63, 3.8) is 0 Å². The molecule has 1 saturated carbocycles. The zero-order valence-corrected chi connectivity index (χ0v) is 7.59. The van der Waals surface area contributed by atoms with E-state index >= 15 is 0 Å². The molecule has 1 fully saturated rings. The molecule has 0 spiro atoms. The van der Waals surface area contributed by atoms with Crippen LogP contribution >= 0.6 is 0 Å². The van der Waals surface area contributed by atoms with Crippen LogP contribution in [-0.2, 0) is 6.42 Å². The summed E-state index contributed by atoms with van der Waals surface area (Å²) in [6.07, 6.45) is 7.20. The van der Waals surface area contributed by atoms with E-state index in [-0.39, 0.29) is 0 Å². The van der Waals surface area contributed by atoms with Crippen molar-refractivity contribution in [1.29, 1.82) is 0 Å². The van der Waals surface area contributed by atoms with Crippen molar-refractivity contribution in [1.82, 2.24) is 4.98 Å². The van der Waals surface area contributed by atoms with E-state index in [1.165, 1.54) is 30.5 Å². The lowest BCUT2D eigenvalue weighted by atomic mass is 9.82. The Morgan fingerprint density at radius 1 is 1.42 bits per heavy atom. The molecular weight excluding hydrogens is 146 g/mol.